The number of halogens is 1. The van der Waals surface area contributed by atoms with E-state index in [1.54, 1.807) is 44.2 Å². The maximum absolute atomic E-state index is 13.7. The van der Waals surface area contributed by atoms with Gasteiger partial charge in [0.15, 0.2) is 5.69 Å². The summed E-state index contributed by atoms with van der Waals surface area (Å²) in [6, 6.07) is 9.35. The van der Waals surface area contributed by atoms with Crippen LogP contribution in [-0.2, 0) is 11.3 Å². The lowest BCUT2D eigenvalue weighted by Crippen LogP contribution is -2.21. The van der Waals surface area contributed by atoms with E-state index < -0.39 is 11.7 Å². The molecule has 0 aliphatic rings. The zero-order chi connectivity index (χ0) is 22.5. The maximum atomic E-state index is 13.7. The van der Waals surface area contributed by atoms with Crippen molar-refractivity contribution in [2.75, 3.05) is 24.9 Å². The van der Waals surface area contributed by atoms with Crippen LogP contribution in [0.25, 0.3) is 0 Å². The van der Waals surface area contributed by atoms with Crippen LogP contribution < -0.4 is 20.1 Å². The van der Waals surface area contributed by atoms with Gasteiger partial charge in [-0.1, -0.05) is 11.3 Å². The molecule has 2 amide bonds. The first kappa shape index (κ1) is 21.8. The lowest BCUT2D eigenvalue weighted by atomic mass is 10.2. The molecule has 3 aromatic rings. The summed E-state index contributed by atoms with van der Waals surface area (Å²) in [5.74, 6) is -0.305. The van der Waals surface area contributed by atoms with Gasteiger partial charge in [0.25, 0.3) is 5.91 Å². The number of nitrogens with zero attached hydrogens (tertiary/aromatic N) is 3. The molecule has 162 valence electrons. The molecule has 2 N–H and O–H groups in total. The molecule has 1 aromatic heterocycles. The van der Waals surface area contributed by atoms with Crippen molar-refractivity contribution in [1.82, 2.24) is 15.0 Å². The van der Waals surface area contributed by atoms with Gasteiger partial charge in [-0.25, -0.2) is 9.07 Å². The van der Waals surface area contributed by atoms with E-state index in [0.717, 1.165) is 0 Å². The largest absolute Gasteiger partial charge is 0.497 e. The molecule has 10 heteroatoms. The summed E-state index contributed by atoms with van der Waals surface area (Å²) >= 11 is 0. The van der Waals surface area contributed by atoms with Gasteiger partial charge < -0.3 is 20.1 Å². The minimum absolute atomic E-state index is 0.0387. The van der Waals surface area contributed by atoms with Gasteiger partial charge in [0.05, 0.1) is 19.9 Å². The molecule has 0 atom stereocenters. The predicted molar refractivity (Wildman–Crippen MR) is 112 cm³/mol. The number of amides is 2. The summed E-state index contributed by atoms with van der Waals surface area (Å²) in [5.41, 5.74) is 1.69. The van der Waals surface area contributed by atoms with E-state index in [1.807, 2.05) is 0 Å². The number of aryl methyl sites for hydroxylation is 1. The van der Waals surface area contributed by atoms with Gasteiger partial charge in [-0.15, -0.1) is 5.10 Å². The Morgan fingerprint density at radius 2 is 1.68 bits per heavy atom. The molecule has 2 aromatic carbocycles. The Labute approximate surface area is 178 Å². The molecule has 0 fully saturated rings. The summed E-state index contributed by atoms with van der Waals surface area (Å²) < 4.78 is 25.4. The number of hydrogen-bond donors (Lipinski definition) is 2. The van der Waals surface area contributed by atoms with E-state index >= 15 is 0 Å². The van der Waals surface area contributed by atoms with E-state index in [1.165, 1.54) is 25.0 Å². The maximum Gasteiger partial charge on any atom is 0.278 e. The Morgan fingerprint density at radius 3 is 2.29 bits per heavy atom. The number of anilines is 2. The van der Waals surface area contributed by atoms with Crippen molar-refractivity contribution in [3.05, 3.63) is 59.2 Å². The van der Waals surface area contributed by atoms with Crippen molar-refractivity contribution >= 4 is 23.2 Å². The number of carbonyl (C=O) groups is 2. The van der Waals surface area contributed by atoms with Crippen molar-refractivity contribution in [2.45, 2.75) is 20.4 Å². The summed E-state index contributed by atoms with van der Waals surface area (Å²) in [5, 5.41) is 13.0. The lowest BCUT2D eigenvalue weighted by molar-refractivity contribution is -0.117. The van der Waals surface area contributed by atoms with Crippen LogP contribution in [0.15, 0.2) is 36.4 Å². The number of aromatic nitrogens is 3. The molecule has 0 aliphatic carbocycles. The number of ether oxygens (including phenoxy) is 2. The zero-order valence-corrected chi connectivity index (χ0v) is 17.5. The van der Waals surface area contributed by atoms with Gasteiger partial charge >= 0.3 is 0 Å². The van der Waals surface area contributed by atoms with Crippen molar-refractivity contribution in [3.8, 4) is 11.5 Å². The molecule has 31 heavy (non-hydrogen) atoms. The Bertz CT molecular complexity index is 1110. The van der Waals surface area contributed by atoms with Gasteiger partial charge in [-0.2, -0.15) is 0 Å². The quantitative estimate of drug-likeness (QED) is 0.600. The van der Waals surface area contributed by atoms with Crippen LogP contribution in [0.2, 0.25) is 0 Å². The molecule has 0 radical (unpaired) electrons. The number of methoxy groups -OCH3 is 2. The van der Waals surface area contributed by atoms with E-state index in [0.29, 0.717) is 34.1 Å². The standard InChI is InChI=1S/C21H22FN5O4/c1-12-5-6-14(9-18(12)22)24-21(29)20-13(2)27(26-25-20)11-19(28)23-15-7-16(30-3)10-17(8-15)31-4/h5-10H,11H2,1-4H3,(H,23,28)(H,24,29). The van der Waals surface area contributed by atoms with Gasteiger partial charge in [0.1, 0.15) is 23.9 Å². The van der Waals surface area contributed by atoms with Crippen molar-refractivity contribution in [2.24, 2.45) is 0 Å². The fraction of sp³-hybridized carbons (Fsp3) is 0.238. The van der Waals surface area contributed by atoms with Crippen LogP contribution in [0.3, 0.4) is 0 Å². The van der Waals surface area contributed by atoms with Gasteiger partial charge in [-0.3, -0.25) is 9.59 Å². The second-order valence-electron chi connectivity index (χ2n) is 6.75. The smallest absolute Gasteiger partial charge is 0.278 e. The molecule has 0 unspecified atom stereocenters. The molecule has 0 bridgehead atoms. The van der Waals surface area contributed by atoms with Crippen LogP contribution in [0, 0.1) is 19.7 Å². The van der Waals surface area contributed by atoms with Gasteiger partial charge in [0.2, 0.25) is 5.91 Å². The normalized spacial score (nSPS) is 10.5. The lowest BCUT2D eigenvalue weighted by Gasteiger charge is -2.10. The molecule has 0 saturated carbocycles. The van der Waals surface area contributed by atoms with Gasteiger partial charge in [-0.05, 0) is 31.5 Å². The van der Waals surface area contributed by atoms with Crippen LogP contribution in [-0.4, -0.2) is 41.0 Å². The number of hydrogen-bond acceptors (Lipinski definition) is 6. The molecule has 0 saturated heterocycles. The number of benzene rings is 2. The van der Waals surface area contributed by atoms with E-state index in [-0.39, 0.29) is 18.1 Å². The molecule has 0 spiro atoms. The monoisotopic (exact) mass is 427 g/mol. The highest BCUT2D eigenvalue weighted by molar-refractivity contribution is 6.03. The van der Waals surface area contributed by atoms with E-state index in [2.05, 4.69) is 20.9 Å². The third kappa shape index (κ3) is 5.16. The Kier molecular flexibility index (Phi) is 6.49. The van der Waals surface area contributed by atoms with E-state index in [4.69, 9.17) is 9.47 Å². The third-order valence-corrected chi connectivity index (χ3v) is 4.56. The third-order valence-electron chi connectivity index (χ3n) is 4.56. The summed E-state index contributed by atoms with van der Waals surface area (Å²) in [7, 11) is 3.02. The van der Waals surface area contributed by atoms with Crippen molar-refractivity contribution < 1.29 is 23.5 Å². The minimum Gasteiger partial charge on any atom is -0.497 e. The molecular weight excluding hydrogens is 405 g/mol. The van der Waals surface area contributed by atoms with Crippen LogP contribution in [0.5, 0.6) is 11.5 Å². The average Bonchev–Trinajstić information content (AvgIpc) is 3.10. The van der Waals surface area contributed by atoms with Gasteiger partial charge in [0, 0.05) is 29.6 Å². The van der Waals surface area contributed by atoms with Crippen molar-refractivity contribution in [3.63, 3.8) is 0 Å². The van der Waals surface area contributed by atoms with Crippen LogP contribution in [0.1, 0.15) is 21.7 Å². The van der Waals surface area contributed by atoms with Crippen LogP contribution >= 0.6 is 0 Å². The molecular formula is C21H22FN5O4. The molecule has 1 heterocycles. The fourth-order valence-electron chi connectivity index (χ4n) is 2.80. The first-order valence-electron chi connectivity index (χ1n) is 9.31. The van der Waals surface area contributed by atoms with E-state index in [9.17, 15) is 14.0 Å². The Balaban J connectivity index is 1.69. The molecule has 9 nitrogen and oxygen atoms in total. The molecule has 3 rings (SSSR count). The second-order valence-corrected chi connectivity index (χ2v) is 6.75. The minimum atomic E-state index is -0.551. The first-order chi connectivity index (χ1) is 14.8. The highest BCUT2D eigenvalue weighted by Crippen LogP contribution is 2.25. The topological polar surface area (TPSA) is 107 Å². The number of carbonyl (C=O) groups excluding carboxylic acids is 2. The highest BCUT2D eigenvalue weighted by Gasteiger charge is 2.18. The number of rotatable bonds is 7. The highest BCUT2D eigenvalue weighted by atomic mass is 19.1. The fourth-order valence-corrected chi connectivity index (χ4v) is 2.80. The first-order valence-corrected chi connectivity index (χ1v) is 9.31. The predicted octanol–water partition coefficient (Wildman–Crippen LogP) is 2.94. The summed E-state index contributed by atoms with van der Waals surface area (Å²) in [6.45, 7) is 3.08. The summed E-state index contributed by atoms with van der Waals surface area (Å²) in [4.78, 5) is 24.9. The summed E-state index contributed by atoms with van der Waals surface area (Å²) in [6.07, 6.45) is 0. The number of nitrogens with one attached hydrogen (secondary N) is 2. The van der Waals surface area contributed by atoms with Crippen molar-refractivity contribution in [1.29, 1.82) is 0 Å². The Hall–Kier alpha value is -3.95. The zero-order valence-electron chi connectivity index (χ0n) is 17.5. The second kappa shape index (κ2) is 9.24. The van der Waals surface area contributed by atoms with Crippen LogP contribution in [0.4, 0.5) is 15.8 Å². The molecule has 0 aliphatic heterocycles. The average molecular weight is 427 g/mol. The Morgan fingerprint density at radius 1 is 1.00 bits per heavy atom. The SMILES string of the molecule is COc1cc(NC(=O)Cn2nnc(C(=O)Nc3ccc(C)c(F)c3)c2C)cc(OC)c1.